The number of hydrogen-bond acceptors (Lipinski definition) is 3. The number of aromatic carboxylic acids is 1. The van der Waals surface area contributed by atoms with E-state index in [1.165, 1.54) is 18.2 Å². The van der Waals surface area contributed by atoms with Gasteiger partial charge in [0.15, 0.2) is 0 Å². The van der Waals surface area contributed by atoms with Gasteiger partial charge in [-0.25, -0.2) is 9.18 Å². The van der Waals surface area contributed by atoms with Gasteiger partial charge in [-0.3, -0.25) is 4.79 Å². The zero-order valence-corrected chi connectivity index (χ0v) is 18.9. The highest BCUT2D eigenvalue weighted by atomic mass is 19.1. The van der Waals surface area contributed by atoms with Gasteiger partial charge in [0, 0.05) is 6.42 Å². The summed E-state index contributed by atoms with van der Waals surface area (Å²) in [7, 11) is 0. The van der Waals surface area contributed by atoms with E-state index in [4.69, 9.17) is 9.84 Å². The lowest BCUT2D eigenvalue weighted by Crippen LogP contribution is -2.10. The monoisotopic (exact) mass is 452 g/mol. The molecule has 1 rings (SSSR count). The fourth-order valence-electron chi connectivity index (χ4n) is 2.64. The van der Waals surface area contributed by atoms with E-state index in [-0.39, 0.29) is 17.7 Å². The topological polar surface area (TPSA) is 63.6 Å². The quantitative estimate of drug-likeness (QED) is 0.162. The predicted molar refractivity (Wildman–Crippen MR) is 132 cm³/mol. The summed E-state index contributed by atoms with van der Waals surface area (Å²) >= 11 is 0. The van der Waals surface area contributed by atoms with Crippen LogP contribution >= 0.6 is 0 Å². The van der Waals surface area contributed by atoms with Crippen LogP contribution in [0.3, 0.4) is 0 Å². The second-order valence-electron chi connectivity index (χ2n) is 6.98. The minimum absolute atomic E-state index is 0.0237. The molecule has 0 saturated heterocycles. The number of benzene rings is 1. The SMILES string of the molecule is O=C(CC/C=C\C/C=C\C/C=C\C/C=C\C/C=C\C/C=C\CF)Oc1ccccc1C(=O)O. The zero-order chi connectivity index (χ0) is 24.0. The van der Waals surface area contributed by atoms with Crippen LogP contribution in [0.4, 0.5) is 4.39 Å². The van der Waals surface area contributed by atoms with Crippen LogP contribution in [0.15, 0.2) is 97.2 Å². The number of hydrogen-bond donors (Lipinski definition) is 1. The highest BCUT2D eigenvalue weighted by molar-refractivity contribution is 5.91. The summed E-state index contributed by atoms with van der Waals surface area (Å²) in [6.45, 7) is -0.404. The summed E-state index contributed by atoms with van der Waals surface area (Å²) in [5.41, 5.74) is -0.0237. The molecule has 5 heteroatoms. The van der Waals surface area contributed by atoms with Crippen LogP contribution in [0.1, 0.15) is 55.3 Å². The molecule has 0 amide bonds. The molecular weight excluding hydrogens is 419 g/mol. The molecule has 0 saturated carbocycles. The van der Waals surface area contributed by atoms with E-state index in [0.29, 0.717) is 6.42 Å². The smallest absolute Gasteiger partial charge is 0.339 e. The molecule has 0 radical (unpaired) electrons. The number of carboxylic acid groups (broad SMARTS) is 1. The van der Waals surface area contributed by atoms with E-state index in [1.807, 2.05) is 24.3 Å². The van der Waals surface area contributed by atoms with Crippen molar-refractivity contribution in [2.24, 2.45) is 0 Å². The fraction of sp³-hybridized carbons (Fsp3) is 0.286. The van der Waals surface area contributed by atoms with Crippen molar-refractivity contribution in [3.63, 3.8) is 0 Å². The van der Waals surface area contributed by atoms with Gasteiger partial charge in [0.1, 0.15) is 18.0 Å². The van der Waals surface area contributed by atoms with Crippen LogP contribution in [-0.2, 0) is 4.79 Å². The number of para-hydroxylation sites is 1. The number of rotatable bonds is 16. The van der Waals surface area contributed by atoms with Gasteiger partial charge in [-0.2, -0.15) is 0 Å². The first-order valence-corrected chi connectivity index (χ1v) is 11.1. The molecule has 1 N–H and O–H groups in total. The molecule has 0 aliphatic rings. The third-order valence-electron chi connectivity index (χ3n) is 4.31. The molecule has 0 bridgehead atoms. The standard InChI is InChI=1S/C28H33FO4/c29-24-20-16-14-12-10-8-6-4-2-1-3-5-7-9-11-13-15-17-23-27(30)33-26-22-19-18-21-25(26)28(31)32/h1,3-4,6-7,9-10,12-13,15-16,18-22H,2,5,8,11,14,17,23-24H2,(H,31,32)/b3-1-,6-4-,9-7-,12-10-,15-13-,20-16-. The fourth-order valence-corrected chi connectivity index (χ4v) is 2.64. The van der Waals surface area contributed by atoms with E-state index in [0.717, 1.165) is 32.1 Å². The first kappa shape index (κ1) is 27.6. The molecule has 33 heavy (non-hydrogen) atoms. The van der Waals surface area contributed by atoms with Gasteiger partial charge in [0.2, 0.25) is 0 Å². The maximum Gasteiger partial charge on any atom is 0.339 e. The molecule has 0 heterocycles. The summed E-state index contributed by atoms with van der Waals surface area (Å²) < 4.78 is 17.0. The minimum atomic E-state index is -1.12. The highest BCUT2D eigenvalue weighted by Gasteiger charge is 2.13. The summed E-state index contributed by atoms with van der Waals surface area (Å²) in [5, 5.41) is 9.10. The number of esters is 1. The van der Waals surface area contributed by atoms with Crippen molar-refractivity contribution in [1.82, 2.24) is 0 Å². The van der Waals surface area contributed by atoms with Crippen molar-refractivity contribution in [3.8, 4) is 5.75 Å². The van der Waals surface area contributed by atoms with Crippen molar-refractivity contribution >= 4 is 11.9 Å². The van der Waals surface area contributed by atoms with Gasteiger partial charge < -0.3 is 9.84 Å². The summed E-state index contributed by atoms with van der Waals surface area (Å²) in [5.74, 6) is -1.51. The van der Waals surface area contributed by atoms with Crippen LogP contribution in [0.2, 0.25) is 0 Å². The molecule has 0 aliphatic carbocycles. The average molecular weight is 453 g/mol. The minimum Gasteiger partial charge on any atom is -0.478 e. The second-order valence-corrected chi connectivity index (χ2v) is 6.98. The maximum atomic E-state index is 11.9. The van der Waals surface area contributed by atoms with Crippen molar-refractivity contribution in [2.45, 2.75) is 44.9 Å². The van der Waals surface area contributed by atoms with E-state index in [2.05, 4.69) is 42.5 Å². The Balaban J connectivity index is 2.09. The largest absolute Gasteiger partial charge is 0.478 e. The molecule has 0 fully saturated rings. The molecule has 0 unspecified atom stereocenters. The van der Waals surface area contributed by atoms with Crippen LogP contribution in [0.25, 0.3) is 0 Å². The molecule has 1 aromatic rings. The molecule has 0 aliphatic heterocycles. The van der Waals surface area contributed by atoms with Crippen molar-refractivity contribution in [2.75, 3.05) is 6.67 Å². The summed E-state index contributed by atoms with van der Waals surface area (Å²) in [6.07, 6.45) is 28.9. The van der Waals surface area contributed by atoms with E-state index >= 15 is 0 Å². The van der Waals surface area contributed by atoms with Gasteiger partial charge in [-0.1, -0.05) is 85.0 Å². The number of allylic oxidation sites excluding steroid dienone is 12. The Morgan fingerprint density at radius 1 is 0.727 bits per heavy atom. The Morgan fingerprint density at radius 3 is 1.67 bits per heavy atom. The zero-order valence-electron chi connectivity index (χ0n) is 18.9. The number of carboxylic acids is 1. The lowest BCUT2D eigenvalue weighted by Gasteiger charge is -2.06. The van der Waals surface area contributed by atoms with Gasteiger partial charge in [-0.05, 0) is 50.7 Å². The molecule has 0 aromatic heterocycles. The number of carbonyl (C=O) groups excluding carboxylic acids is 1. The van der Waals surface area contributed by atoms with Crippen molar-refractivity contribution in [3.05, 3.63) is 103 Å². The molecule has 4 nitrogen and oxygen atoms in total. The van der Waals surface area contributed by atoms with Gasteiger partial charge in [-0.15, -0.1) is 0 Å². The number of alkyl halides is 1. The number of halogens is 1. The van der Waals surface area contributed by atoms with E-state index in [1.54, 1.807) is 12.1 Å². The van der Waals surface area contributed by atoms with Gasteiger partial charge >= 0.3 is 11.9 Å². The van der Waals surface area contributed by atoms with Gasteiger partial charge in [0.25, 0.3) is 0 Å². The Labute approximate surface area is 196 Å². The molecule has 176 valence electrons. The second kappa shape index (κ2) is 19.2. The molecule has 0 spiro atoms. The Bertz CT molecular complexity index is 876. The van der Waals surface area contributed by atoms with Crippen molar-refractivity contribution < 1.29 is 23.8 Å². The lowest BCUT2D eigenvalue weighted by molar-refractivity contribution is -0.134. The maximum absolute atomic E-state index is 11.9. The Kier molecular flexibility index (Phi) is 16.1. The van der Waals surface area contributed by atoms with Crippen LogP contribution in [0.5, 0.6) is 5.75 Å². The normalized spacial score (nSPS) is 12.4. The first-order valence-electron chi connectivity index (χ1n) is 11.1. The van der Waals surface area contributed by atoms with E-state index in [9.17, 15) is 14.0 Å². The molecule has 0 atom stereocenters. The molecule has 1 aromatic carbocycles. The van der Waals surface area contributed by atoms with Crippen LogP contribution in [0, 0.1) is 0 Å². The highest BCUT2D eigenvalue weighted by Crippen LogP contribution is 2.18. The van der Waals surface area contributed by atoms with Crippen LogP contribution < -0.4 is 4.74 Å². The van der Waals surface area contributed by atoms with Crippen LogP contribution in [-0.4, -0.2) is 23.7 Å². The van der Waals surface area contributed by atoms with E-state index < -0.39 is 18.6 Å². The third kappa shape index (κ3) is 15.0. The predicted octanol–water partition coefficient (Wildman–Crippen LogP) is 7.33. The van der Waals surface area contributed by atoms with Gasteiger partial charge in [0.05, 0.1) is 0 Å². The van der Waals surface area contributed by atoms with Crippen molar-refractivity contribution in [1.29, 1.82) is 0 Å². The Hall–Kier alpha value is -3.47. The number of carbonyl (C=O) groups is 2. The lowest BCUT2D eigenvalue weighted by atomic mass is 10.2. The summed E-state index contributed by atoms with van der Waals surface area (Å²) in [6, 6.07) is 6.10. The molecular formula is C28H33FO4. The average Bonchev–Trinajstić information content (AvgIpc) is 2.80. The third-order valence-corrected chi connectivity index (χ3v) is 4.31. The number of ether oxygens (including phenoxy) is 1. The Morgan fingerprint density at radius 2 is 1.18 bits per heavy atom. The summed E-state index contributed by atoms with van der Waals surface area (Å²) in [4.78, 5) is 23.0. The first-order chi connectivity index (χ1) is 16.1.